The maximum absolute atomic E-state index is 5.41. The summed E-state index contributed by atoms with van der Waals surface area (Å²) in [5.74, 6) is 0.953. The Labute approximate surface area is 127 Å². The number of methoxy groups -OCH3 is 1. The molecule has 0 aliphatic rings. The molecule has 2 rings (SSSR count). The second kappa shape index (κ2) is 7.02. The molecule has 0 fully saturated rings. The van der Waals surface area contributed by atoms with Crippen molar-refractivity contribution in [3.8, 4) is 5.75 Å². The van der Waals surface area contributed by atoms with Crippen LogP contribution in [0.1, 0.15) is 12.5 Å². The van der Waals surface area contributed by atoms with E-state index in [4.69, 9.17) is 4.74 Å². The number of hydrogen-bond acceptors (Lipinski definition) is 3. The summed E-state index contributed by atoms with van der Waals surface area (Å²) in [7, 11) is 5.82. The first-order valence-corrected chi connectivity index (χ1v) is 7.26. The lowest BCUT2D eigenvalue weighted by Crippen LogP contribution is -2.18. The lowest BCUT2D eigenvalue weighted by molar-refractivity contribution is 0.409. The summed E-state index contributed by atoms with van der Waals surface area (Å²) in [6.45, 7) is 2.19. The number of ether oxygens (including phenoxy) is 1. The summed E-state index contributed by atoms with van der Waals surface area (Å²) < 4.78 is 5.41. The van der Waals surface area contributed by atoms with Crippen molar-refractivity contribution < 1.29 is 4.74 Å². The molecule has 2 aromatic rings. The van der Waals surface area contributed by atoms with Crippen LogP contribution in [0.5, 0.6) is 5.75 Å². The fraction of sp³-hybridized carbons (Fsp3) is 0.333. The van der Waals surface area contributed by atoms with Gasteiger partial charge in [0, 0.05) is 31.5 Å². The number of nitrogens with zero attached hydrogens (tertiary/aromatic N) is 1. The summed E-state index contributed by atoms with van der Waals surface area (Å²) in [6.07, 6.45) is 0.930. The monoisotopic (exact) mass is 284 g/mol. The number of rotatable bonds is 6. The van der Waals surface area contributed by atoms with E-state index in [-0.39, 0.29) is 0 Å². The average Bonchev–Trinajstić information content (AvgIpc) is 2.48. The standard InChI is InChI=1S/C18H24N2O/c1-14(13-15-7-5-6-8-18(15)21-4)19-16-9-11-17(12-10-16)20(2)3/h5-12,14,19H,13H2,1-4H3. The van der Waals surface area contributed by atoms with Crippen molar-refractivity contribution in [2.45, 2.75) is 19.4 Å². The van der Waals surface area contributed by atoms with Gasteiger partial charge in [-0.15, -0.1) is 0 Å². The molecule has 0 amide bonds. The molecule has 21 heavy (non-hydrogen) atoms. The Bertz CT molecular complexity index is 564. The highest BCUT2D eigenvalue weighted by molar-refractivity contribution is 5.54. The van der Waals surface area contributed by atoms with E-state index in [1.54, 1.807) is 7.11 Å². The van der Waals surface area contributed by atoms with E-state index in [0.29, 0.717) is 6.04 Å². The number of nitrogens with one attached hydrogen (secondary N) is 1. The van der Waals surface area contributed by atoms with E-state index in [0.717, 1.165) is 17.9 Å². The molecule has 0 aliphatic heterocycles. The van der Waals surface area contributed by atoms with Crippen LogP contribution in [0.3, 0.4) is 0 Å². The first-order valence-electron chi connectivity index (χ1n) is 7.26. The first-order chi connectivity index (χ1) is 10.1. The lowest BCUT2D eigenvalue weighted by atomic mass is 10.1. The summed E-state index contributed by atoms with van der Waals surface area (Å²) in [5, 5.41) is 3.53. The molecule has 1 atom stereocenters. The van der Waals surface area contributed by atoms with Gasteiger partial charge in [0.15, 0.2) is 0 Å². The zero-order chi connectivity index (χ0) is 15.2. The van der Waals surface area contributed by atoms with Gasteiger partial charge >= 0.3 is 0 Å². The maximum atomic E-state index is 5.41. The fourth-order valence-electron chi connectivity index (χ4n) is 2.39. The Morgan fingerprint density at radius 2 is 1.71 bits per heavy atom. The van der Waals surface area contributed by atoms with Gasteiger partial charge in [-0.05, 0) is 49.2 Å². The van der Waals surface area contributed by atoms with Crippen molar-refractivity contribution in [3.63, 3.8) is 0 Å². The smallest absolute Gasteiger partial charge is 0.122 e. The van der Waals surface area contributed by atoms with Gasteiger partial charge in [0.05, 0.1) is 7.11 Å². The summed E-state index contributed by atoms with van der Waals surface area (Å²) >= 11 is 0. The third-order valence-corrected chi connectivity index (χ3v) is 3.52. The zero-order valence-corrected chi connectivity index (χ0v) is 13.3. The Hall–Kier alpha value is -2.16. The van der Waals surface area contributed by atoms with Gasteiger partial charge in [-0.3, -0.25) is 0 Å². The summed E-state index contributed by atoms with van der Waals surface area (Å²) in [4.78, 5) is 2.10. The van der Waals surface area contributed by atoms with E-state index in [2.05, 4.69) is 53.5 Å². The highest BCUT2D eigenvalue weighted by Crippen LogP contribution is 2.21. The van der Waals surface area contributed by atoms with E-state index >= 15 is 0 Å². The molecule has 0 saturated carbocycles. The van der Waals surface area contributed by atoms with Crippen LogP contribution in [-0.4, -0.2) is 27.2 Å². The molecule has 2 aromatic carbocycles. The van der Waals surface area contributed by atoms with Crippen molar-refractivity contribution in [1.29, 1.82) is 0 Å². The molecule has 0 bridgehead atoms. The minimum Gasteiger partial charge on any atom is -0.496 e. The molecular weight excluding hydrogens is 260 g/mol. The summed E-state index contributed by atoms with van der Waals surface area (Å²) in [5.41, 5.74) is 3.57. The fourth-order valence-corrected chi connectivity index (χ4v) is 2.39. The number of para-hydroxylation sites is 1. The molecule has 3 nitrogen and oxygen atoms in total. The van der Waals surface area contributed by atoms with Crippen LogP contribution in [0, 0.1) is 0 Å². The van der Waals surface area contributed by atoms with Crippen molar-refractivity contribution in [2.24, 2.45) is 0 Å². The topological polar surface area (TPSA) is 24.5 Å². The van der Waals surface area contributed by atoms with Gasteiger partial charge in [-0.1, -0.05) is 18.2 Å². The minimum absolute atomic E-state index is 0.339. The van der Waals surface area contributed by atoms with Crippen molar-refractivity contribution >= 4 is 11.4 Å². The predicted molar refractivity (Wildman–Crippen MR) is 90.6 cm³/mol. The van der Waals surface area contributed by atoms with Crippen molar-refractivity contribution in [2.75, 3.05) is 31.4 Å². The van der Waals surface area contributed by atoms with Gasteiger partial charge in [0.1, 0.15) is 5.75 Å². The van der Waals surface area contributed by atoms with Crippen LogP contribution in [0.25, 0.3) is 0 Å². The van der Waals surface area contributed by atoms with Crippen molar-refractivity contribution in [1.82, 2.24) is 0 Å². The summed E-state index contributed by atoms with van der Waals surface area (Å²) in [6, 6.07) is 17.0. The molecule has 0 aliphatic carbocycles. The van der Waals surface area contributed by atoms with E-state index in [9.17, 15) is 0 Å². The molecule has 1 unspecified atom stereocenters. The van der Waals surface area contributed by atoms with Gasteiger partial charge in [0.2, 0.25) is 0 Å². The van der Waals surface area contributed by atoms with E-state index in [1.165, 1.54) is 11.3 Å². The van der Waals surface area contributed by atoms with Crippen molar-refractivity contribution in [3.05, 3.63) is 54.1 Å². The average molecular weight is 284 g/mol. The largest absolute Gasteiger partial charge is 0.496 e. The Morgan fingerprint density at radius 1 is 1.05 bits per heavy atom. The van der Waals surface area contributed by atoms with Crippen LogP contribution >= 0.6 is 0 Å². The molecule has 112 valence electrons. The third kappa shape index (κ3) is 4.15. The van der Waals surface area contributed by atoms with Gasteiger partial charge in [-0.25, -0.2) is 0 Å². The molecule has 0 spiro atoms. The highest BCUT2D eigenvalue weighted by Gasteiger charge is 2.08. The molecule has 0 radical (unpaired) electrons. The van der Waals surface area contributed by atoms with E-state index < -0.39 is 0 Å². The zero-order valence-electron chi connectivity index (χ0n) is 13.3. The number of hydrogen-bond donors (Lipinski definition) is 1. The Morgan fingerprint density at radius 3 is 2.33 bits per heavy atom. The van der Waals surface area contributed by atoms with Gasteiger partial charge in [0.25, 0.3) is 0 Å². The highest BCUT2D eigenvalue weighted by atomic mass is 16.5. The van der Waals surface area contributed by atoms with Crippen LogP contribution in [0.2, 0.25) is 0 Å². The molecule has 0 heterocycles. The number of anilines is 2. The molecule has 0 saturated heterocycles. The maximum Gasteiger partial charge on any atom is 0.122 e. The van der Waals surface area contributed by atoms with Crippen LogP contribution in [0.4, 0.5) is 11.4 Å². The van der Waals surface area contributed by atoms with E-state index in [1.807, 2.05) is 26.2 Å². The van der Waals surface area contributed by atoms with Crippen LogP contribution in [-0.2, 0) is 6.42 Å². The molecular formula is C18H24N2O. The lowest BCUT2D eigenvalue weighted by Gasteiger charge is -2.18. The Balaban J connectivity index is 1.99. The second-order valence-corrected chi connectivity index (χ2v) is 5.50. The minimum atomic E-state index is 0.339. The Kier molecular flexibility index (Phi) is 5.09. The van der Waals surface area contributed by atoms with Gasteiger partial charge in [-0.2, -0.15) is 0 Å². The normalized spacial score (nSPS) is 11.8. The third-order valence-electron chi connectivity index (χ3n) is 3.52. The molecule has 0 aromatic heterocycles. The SMILES string of the molecule is COc1ccccc1CC(C)Nc1ccc(N(C)C)cc1. The predicted octanol–water partition coefficient (Wildman–Crippen LogP) is 3.80. The van der Waals surface area contributed by atoms with Gasteiger partial charge < -0.3 is 15.0 Å². The van der Waals surface area contributed by atoms with Crippen LogP contribution in [0.15, 0.2) is 48.5 Å². The number of benzene rings is 2. The first kappa shape index (κ1) is 15.2. The quantitative estimate of drug-likeness (QED) is 0.873. The second-order valence-electron chi connectivity index (χ2n) is 5.50. The molecule has 1 N–H and O–H groups in total. The van der Waals surface area contributed by atoms with Crippen LogP contribution < -0.4 is 15.0 Å². The molecule has 3 heteroatoms.